The van der Waals surface area contributed by atoms with E-state index in [9.17, 15) is 9.18 Å². The van der Waals surface area contributed by atoms with Gasteiger partial charge in [0.25, 0.3) is 5.91 Å². The van der Waals surface area contributed by atoms with Crippen molar-refractivity contribution in [1.29, 1.82) is 0 Å². The van der Waals surface area contributed by atoms with Crippen molar-refractivity contribution in [2.24, 2.45) is 5.41 Å². The van der Waals surface area contributed by atoms with Gasteiger partial charge in [-0.15, -0.1) is 0 Å². The number of hydrogen-bond acceptors (Lipinski definition) is 2. The molecular weight excluding hydrogens is 221 g/mol. The van der Waals surface area contributed by atoms with Crippen molar-refractivity contribution >= 4 is 5.91 Å². The van der Waals surface area contributed by atoms with Crippen molar-refractivity contribution in [1.82, 2.24) is 5.32 Å². The molecule has 1 aromatic rings. The minimum Gasteiger partial charge on any atom is -0.380 e. The molecule has 1 aliphatic heterocycles. The van der Waals surface area contributed by atoms with Crippen LogP contribution in [-0.2, 0) is 4.74 Å². The molecule has 0 radical (unpaired) electrons. The fourth-order valence-corrected chi connectivity index (χ4v) is 1.73. The highest BCUT2D eigenvalue weighted by molar-refractivity contribution is 5.94. The van der Waals surface area contributed by atoms with Gasteiger partial charge in [0.1, 0.15) is 5.82 Å². The minimum atomic E-state index is -0.291. The van der Waals surface area contributed by atoms with Gasteiger partial charge in [0.05, 0.1) is 13.2 Å². The predicted octanol–water partition coefficient (Wildman–Crippen LogP) is 1.90. The van der Waals surface area contributed by atoms with Gasteiger partial charge >= 0.3 is 0 Å². The first-order valence-corrected chi connectivity index (χ1v) is 5.62. The van der Waals surface area contributed by atoms with Gasteiger partial charge in [-0.05, 0) is 30.7 Å². The van der Waals surface area contributed by atoms with Crippen LogP contribution in [0.3, 0.4) is 0 Å². The highest BCUT2D eigenvalue weighted by Crippen LogP contribution is 2.25. The lowest BCUT2D eigenvalue weighted by atomic mass is 9.88. The summed E-state index contributed by atoms with van der Waals surface area (Å²) in [7, 11) is 0. The quantitative estimate of drug-likeness (QED) is 0.872. The standard InChI is InChI=1S/C13H16FNO2/c1-9-5-10(3-4-11(9)14)12(16)15-6-13(2)7-17-8-13/h3-5H,6-8H2,1-2H3,(H,15,16). The lowest BCUT2D eigenvalue weighted by Gasteiger charge is -2.38. The van der Waals surface area contributed by atoms with E-state index in [4.69, 9.17) is 4.74 Å². The van der Waals surface area contributed by atoms with Gasteiger partial charge in [-0.25, -0.2) is 4.39 Å². The monoisotopic (exact) mass is 237 g/mol. The van der Waals surface area contributed by atoms with Gasteiger partial charge in [-0.3, -0.25) is 4.79 Å². The van der Waals surface area contributed by atoms with Crippen LogP contribution in [0.25, 0.3) is 0 Å². The summed E-state index contributed by atoms with van der Waals surface area (Å²) in [5.74, 6) is -0.456. The molecule has 1 heterocycles. The normalized spacial score (nSPS) is 17.4. The van der Waals surface area contributed by atoms with E-state index in [1.807, 2.05) is 0 Å². The van der Waals surface area contributed by atoms with E-state index < -0.39 is 0 Å². The molecule has 0 spiro atoms. The van der Waals surface area contributed by atoms with E-state index in [1.54, 1.807) is 13.0 Å². The zero-order chi connectivity index (χ0) is 12.5. The molecule has 0 aliphatic carbocycles. The maximum Gasteiger partial charge on any atom is 0.251 e. The number of benzene rings is 1. The molecule has 0 atom stereocenters. The Morgan fingerprint density at radius 2 is 2.24 bits per heavy atom. The second kappa shape index (κ2) is 4.45. The molecule has 1 N–H and O–H groups in total. The average molecular weight is 237 g/mol. The van der Waals surface area contributed by atoms with Crippen LogP contribution < -0.4 is 5.32 Å². The minimum absolute atomic E-state index is 0.0464. The van der Waals surface area contributed by atoms with Gasteiger partial charge < -0.3 is 10.1 Å². The Balaban J connectivity index is 1.97. The van der Waals surface area contributed by atoms with Gasteiger partial charge in [0, 0.05) is 17.5 Å². The topological polar surface area (TPSA) is 38.3 Å². The number of rotatable bonds is 3. The summed E-state index contributed by atoms with van der Waals surface area (Å²) in [5.41, 5.74) is 1.02. The number of carbonyl (C=O) groups is 1. The zero-order valence-electron chi connectivity index (χ0n) is 10.0. The number of ether oxygens (including phenoxy) is 1. The van der Waals surface area contributed by atoms with Crippen LogP contribution >= 0.6 is 0 Å². The van der Waals surface area contributed by atoms with Crippen molar-refractivity contribution in [2.75, 3.05) is 19.8 Å². The van der Waals surface area contributed by atoms with Gasteiger partial charge in [0.15, 0.2) is 0 Å². The third kappa shape index (κ3) is 2.64. The van der Waals surface area contributed by atoms with Gasteiger partial charge in [-0.2, -0.15) is 0 Å². The molecule has 0 bridgehead atoms. The number of aryl methyl sites for hydroxylation is 1. The van der Waals surface area contributed by atoms with Crippen LogP contribution in [0.2, 0.25) is 0 Å². The molecule has 1 aliphatic rings. The summed E-state index contributed by atoms with van der Waals surface area (Å²) in [6, 6.07) is 4.37. The summed E-state index contributed by atoms with van der Waals surface area (Å²) >= 11 is 0. The molecule has 1 amide bonds. The molecule has 1 saturated heterocycles. The molecule has 0 unspecified atom stereocenters. The van der Waals surface area contributed by atoms with E-state index >= 15 is 0 Å². The van der Waals surface area contributed by atoms with Crippen molar-refractivity contribution < 1.29 is 13.9 Å². The van der Waals surface area contributed by atoms with Crippen LogP contribution in [0.5, 0.6) is 0 Å². The second-order valence-corrected chi connectivity index (χ2v) is 4.95. The zero-order valence-corrected chi connectivity index (χ0v) is 10.0. The van der Waals surface area contributed by atoms with E-state index in [-0.39, 0.29) is 17.1 Å². The van der Waals surface area contributed by atoms with Crippen molar-refractivity contribution in [3.05, 3.63) is 35.1 Å². The highest BCUT2D eigenvalue weighted by Gasteiger charge is 2.33. The van der Waals surface area contributed by atoms with Crippen molar-refractivity contribution in [3.8, 4) is 0 Å². The van der Waals surface area contributed by atoms with Crippen LogP contribution in [0, 0.1) is 18.2 Å². The number of nitrogens with one attached hydrogen (secondary N) is 1. The molecule has 0 aromatic heterocycles. The number of hydrogen-bond donors (Lipinski definition) is 1. The lowest BCUT2D eigenvalue weighted by Crippen LogP contribution is -2.48. The van der Waals surface area contributed by atoms with Gasteiger partial charge in [0.2, 0.25) is 0 Å². The largest absolute Gasteiger partial charge is 0.380 e. The molecule has 1 fully saturated rings. The van der Waals surface area contributed by atoms with Crippen LogP contribution in [0.4, 0.5) is 4.39 Å². The summed E-state index contributed by atoms with van der Waals surface area (Å²) in [6.07, 6.45) is 0. The summed E-state index contributed by atoms with van der Waals surface area (Å²) in [5, 5.41) is 2.85. The summed E-state index contributed by atoms with van der Waals surface area (Å²) in [4.78, 5) is 11.8. The fourth-order valence-electron chi connectivity index (χ4n) is 1.73. The first kappa shape index (κ1) is 12.0. The number of amides is 1. The second-order valence-electron chi connectivity index (χ2n) is 4.95. The third-order valence-corrected chi connectivity index (χ3v) is 3.00. The Bertz CT molecular complexity index is 441. The van der Waals surface area contributed by atoms with Crippen LogP contribution in [0.15, 0.2) is 18.2 Å². The van der Waals surface area contributed by atoms with Crippen molar-refractivity contribution in [2.45, 2.75) is 13.8 Å². The van der Waals surface area contributed by atoms with E-state index in [2.05, 4.69) is 12.2 Å². The number of carbonyl (C=O) groups excluding carboxylic acids is 1. The lowest BCUT2D eigenvalue weighted by molar-refractivity contribution is -0.0978. The Morgan fingerprint density at radius 3 is 2.76 bits per heavy atom. The Morgan fingerprint density at radius 1 is 1.53 bits per heavy atom. The van der Waals surface area contributed by atoms with Crippen molar-refractivity contribution in [3.63, 3.8) is 0 Å². The number of halogens is 1. The molecular formula is C13H16FNO2. The smallest absolute Gasteiger partial charge is 0.251 e. The molecule has 3 nitrogen and oxygen atoms in total. The summed E-state index contributed by atoms with van der Waals surface area (Å²) < 4.78 is 18.2. The SMILES string of the molecule is Cc1cc(C(=O)NCC2(C)COC2)ccc1F. The van der Waals surface area contributed by atoms with Gasteiger partial charge in [-0.1, -0.05) is 6.92 Å². The molecule has 17 heavy (non-hydrogen) atoms. The van der Waals surface area contributed by atoms with E-state index in [0.29, 0.717) is 30.9 Å². The molecule has 1 aromatic carbocycles. The maximum absolute atomic E-state index is 13.1. The maximum atomic E-state index is 13.1. The van der Waals surface area contributed by atoms with Crippen LogP contribution in [-0.4, -0.2) is 25.7 Å². The molecule has 0 saturated carbocycles. The molecule has 92 valence electrons. The Kier molecular flexibility index (Phi) is 3.15. The Hall–Kier alpha value is -1.42. The molecule has 2 rings (SSSR count). The summed E-state index contributed by atoms with van der Waals surface area (Å²) in [6.45, 7) is 5.65. The van der Waals surface area contributed by atoms with E-state index in [0.717, 1.165) is 0 Å². The first-order chi connectivity index (χ1) is 8.00. The molecule has 4 heteroatoms. The Labute approximate surface area is 100.0 Å². The predicted molar refractivity (Wildman–Crippen MR) is 62.4 cm³/mol. The fraction of sp³-hybridized carbons (Fsp3) is 0.462. The first-order valence-electron chi connectivity index (χ1n) is 5.62. The van der Waals surface area contributed by atoms with E-state index in [1.165, 1.54) is 12.1 Å². The third-order valence-electron chi connectivity index (χ3n) is 3.00. The van der Waals surface area contributed by atoms with Crippen LogP contribution in [0.1, 0.15) is 22.8 Å². The highest BCUT2D eigenvalue weighted by atomic mass is 19.1. The average Bonchev–Trinajstić information content (AvgIpc) is 2.27.